The zero-order valence-corrected chi connectivity index (χ0v) is 16.0. The van der Waals surface area contributed by atoms with Gasteiger partial charge in [-0.25, -0.2) is 0 Å². The quantitative estimate of drug-likeness (QED) is 0.731. The van der Waals surface area contributed by atoms with E-state index in [2.05, 4.69) is 33.4 Å². The highest BCUT2D eigenvalue weighted by Crippen LogP contribution is 2.19. The monoisotopic (exact) mass is 365 g/mol. The van der Waals surface area contributed by atoms with Crippen LogP contribution in [0.1, 0.15) is 34.6 Å². The third-order valence-corrected chi connectivity index (χ3v) is 5.44. The lowest BCUT2D eigenvalue weighted by Crippen LogP contribution is -2.40. The predicted molar refractivity (Wildman–Crippen MR) is 107 cm³/mol. The number of nitrogens with one attached hydrogen (secondary N) is 2. The number of carbonyl (C=O) groups excluding carboxylic acids is 1. The van der Waals surface area contributed by atoms with Crippen LogP contribution in [0, 0.1) is 12.8 Å². The second kappa shape index (κ2) is 7.56. The summed E-state index contributed by atoms with van der Waals surface area (Å²) in [6.45, 7) is 5.85. The van der Waals surface area contributed by atoms with Crippen LogP contribution in [0.15, 0.2) is 36.5 Å². The minimum absolute atomic E-state index is 0.0218. The van der Waals surface area contributed by atoms with Gasteiger partial charge >= 0.3 is 0 Å². The smallest absolute Gasteiger partial charge is 0.267 e. The molecule has 3 heterocycles. The molecule has 4 rings (SSSR count). The van der Waals surface area contributed by atoms with Crippen LogP contribution in [0.4, 0.5) is 0 Å². The van der Waals surface area contributed by atoms with Crippen molar-refractivity contribution in [1.29, 1.82) is 0 Å². The van der Waals surface area contributed by atoms with E-state index in [1.165, 1.54) is 12.0 Å². The molecule has 0 bridgehead atoms. The van der Waals surface area contributed by atoms with E-state index in [0.717, 1.165) is 49.2 Å². The van der Waals surface area contributed by atoms with Gasteiger partial charge in [0.15, 0.2) is 0 Å². The minimum Gasteiger partial charge on any atom is -0.351 e. The second-order valence-corrected chi connectivity index (χ2v) is 7.64. The number of rotatable bonds is 5. The molecule has 0 saturated carbocycles. The third-order valence-electron chi connectivity index (χ3n) is 5.44. The van der Waals surface area contributed by atoms with Gasteiger partial charge in [0.05, 0.1) is 5.69 Å². The molecule has 1 unspecified atom stereocenters. The van der Waals surface area contributed by atoms with E-state index in [4.69, 9.17) is 0 Å². The first-order chi connectivity index (χ1) is 13.1. The van der Waals surface area contributed by atoms with Gasteiger partial charge in [0.1, 0.15) is 5.69 Å². The van der Waals surface area contributed by atoms with Gasteiger partial charge in [0.2, 0.25) is 0 Å². The molecule has 1 saturated heterocycles. The molecule has 0 radical (unpaired) electrons. The Kier molecular flexibility index (Phi) is 4.99. The lowest BCUT2D eigenvalue weighted by Gasteiger charge is -2.32. The molecule has 2 N–H and O–H groups in total. The first-order valence-electron chi connectivity index (χ1n) is 9.66. The van der Waals surface area contributed by atoms with E-state index >= 15 is 0 Å². The van der Waals surface area contributed by atoms with Crippen molar-refractivity contribution in [2.24, 2.45) is 13.0 Å². The Morgan fingerprint density at radius 1 is 1.37 bits per heavy atom. The number of piperidine rings is 1. The van der Waals surface area contributed by atoms with Crippen molar-refractivity contribution < 1.29 is 4.79 Å². The van der Waals surface area contributed by atoms with Gasteiger partial charge in [-0.15, -0.1) is 0 Å². The van der Waals surface area contributed by atoms with Crippen molar-refractivity contribution in [3.8, 4) is 0 Å². The first kappa shape index (κ1) is 17.8. The van der Waals surface area contributed by atoms with Gasteiger partial charge in [0, 0.05) is 49.3 Å². The lowest BCUT2D eigenvalue weighted by molar-refractivity contribution is 0.0926. The van der Waals surface area contributed by atoms with Gasteiger partial charge < -0.3 is 10.3 Å². The molecule has 2 aromatic heterocycles. The summed E-state index contributed by atoms with van der Waals surface area (Å²) in [5.41, 5.74) is 4.03. The maximum atomic E-state index is 12.5. The van der Waals surface area contributed by atoms with Gasteiger partial charge in [-0.1, -0.05) is 18.2 Å². The first-order valence-corrected chi connectivity index (χ1v) is 9.66. The molecule has 3 aromatic rings. The molecular formula is C21H27N5O. The summed E-state index contributed by atoms with van der Waals surface area (Å²) in [6, 6.07) is 9.89. The Morgan fingerprint density at radius 3 is 3.00 bits per heavy atom. The Labute approximate surface area is 159 Å². The number of fused-ring (bicyclic) bond motifs is 1. The van der Waals surface area contributed by atoms with E-state index in [-0.39, 0.29) is 5.91 Å². The standard InChI is InChI=1S/C21H27N5O/c1-15-18(13-25(2)24-15)14-26-9-5-6-16(12-26)11-22-21(27)20-10-17-7-3-4-8-19(17)23-20/h3-4,7-8,10,13,16,23H,5-6,9,11-12,14H2,1-2H3,(H,22,27). The number of hydrogen-bond acceptors (Lipinski definition) is 3. The van der Waals surface area contributed by atoms with Gasteiger partial charge in [0.25, 0.3) is 5.91 Å². The van der Waals surface area contributed by atoms with E-state index in [1.54, 1.807) is 0 Å². The van der Waals surface area contributed by atoms with Crippen LogP contribution in [0.3, 0.4) is 0 Å². The molecule has 1 fully saturated rings. The fourth-order valence-corrected chi connectivity index (χ4v) is 4.03. The minimum atomic E-state index is -0.0218. The lowest BCUT2D eigenvalue weighted by atomic mass is 9.97. The van der Waals surface area contributed by atoms with Crippen molar-refractivity contribution in [2.75, 3.05) is 19.6 Å². The summed E-state index contributed by atoms with van der Waals surface area (Å²) in [6.07, 6.45) is 4.44. The van der Waals surface area contributed by atoms with Gasteiger partial charge in [-0.2, -0.15) is 5.10 Å². The Morgan fingerprint density at radius 2 is 2.22 bits per heavy atom. The van der Waals surface area contributed by atoms with Crippen LogP contribution in [-0.4, -0.2) is 45.2 Å². The number of aryl methyl sites for hydroxylation is 2. The summed E-state index contributed by atoms with van der Waals surface area (Å²) in [5.74, 6) is 0.468. The number of hydrogen-bond donors (Lipinski definition) is 2. The van der Waals surface area contributed by atoms with E-state index < -0.39 is 0 Å². The average molecular weight is 365 g/mol. The Hall–Kier alpha value is -2.60. The van der Waals surface area contributed by atoms with Gasteiger partial charge in [-0.3, -0.25) is 14.4 Å². The number of aromatic amines is 1. The molecule has 142 valence electrons. The van der Waals surface area contributed by atoms with Crippen LogP contribution in [0.5, 0.6) is 0 Å². The number of likely N-dealkylation sites (tertiary alicyclic amines) is 1. The predicted octanol–water partition coefficient (Wildman–Crippen LogP) is 2.85. The zero-order chi connectivity index (χ0) is 18.8. The number of benzene rings is 1. The van der Waals surface area contributed by atoms with Crippen molar-refractivity contribution in [2.45, 2.75) is 26.3 Å². The van der Waals surface area contributed by atoms with Crippen LogP contribution in [0.25, 0.3) is 10.9 Å². The number of amides is 1. The number of aromatic nitrogens is 3. The molecule has 1 atom stereocenters. The molecule has 1 aliphatic rings. The number of para-hydroxylation sites is 1. The molecular weight excluding hydrogens is 338 g/mol. The second-order valence-electron chi connectivity index (χ2n) is 7.64. The van der Waals surface area contributed by atoms with Crippen molar-refractivity contribution in [3.63, 3.8) is 0 Å². The highest BCUT2D eigenvalue weighted by molar-refractivity contribution is 5.97. The third kappa shape index (κ3) is 4.06. The highest BCUT2D eigenvalue weighted by Gasteiger charge is 2.22. The zero-order valence-electron chi connectivity index (χ0n) is 16.0. The van der Waals surface area contributed by atoms with Crippen molar-refractivity contribution >= 4 is 16.8 Å². The van der Waals surface area contributed by atoms with Crippen molar-refractivity contribution in [1.82, 2.24) is 25.0 Å². The molecule has 1 aromatic carbocycles. The maximum absolute atomic E-state index is 12.5. The van der Waals surface area contributed by atoms with E-state index in [9.17, 15) is 4.79 Å². The summed E-state index contributed by atoms with van der Waals surface area (Å²) in [4.78, 5) is 18.2. The van der Waals surface area contributed by atoms with Crippen LogP contribution in [-0.2, 0) is 13.6 Å². The van der Waals surface area contributed by atoms with Gasteiger partial charge in [-0.05, 0) is 44.4 Å². The number of carbonyl (C=O) groups is 1. The number of nitrogens with zero attached hydrogens (tertiary/aromatic N) is 3. The average Bonchev–Trinajstić information content (AvgIpc) is 3.23. The maximum Gasteiger partial charge on any atom is 0.267 e. The summed E-state index contributed by atoms with van der Waals surface area (Å²) >= 11 is 0. The van der Waals surface area contributed by atoms with Crippen LogP contribution in [0.2, 0.25) is 0 Å². The fourth-order valence-electron chi connectivity index (χ4n) is 4.03. The molecule has 6 heteroatoms. The van der Waals surface area contributed by atoms with E-state index in [1.807, 2.05) is 42.1 Å². The summed E-state index contributed by atoms with van der Waals surface area (Å²) in [7, 11) is 1.97. The molecule has 0 spiro atoms. The Balaban J connectivity index is 1.32. The molecule has 1 aliphatic heterocycles. The van der Waals surface area contributed by atoms with Crippen LogP contribution >= 0.6 is 0 Å². The fraction of sp³-hybridized carbons (Fsp3) is 0.429. The van der Waals surface area contributed by atoms with E-state index in [0.29, 0.717) is 11.6 Å². The molecule has 27 heavy (non-hydrogen) atoms. The SMILES string of the molecule is Cc1nn(C)cc1CN1CCCC(CNC(=O)c2cc3ccccc3[nH]2)C1. The Bertz CT molecular complexity index is 908. The largest absolute Gasteiger partial charge is 0.351 e. The summed E-state index contributed by atoms with van der Waals surface area (Å²) in [5, 5.41) is 8.62. The molecule has 1 amide bonds. The van der Waals surface area contributed by atoms with Crippen LogP contribution < -0.4 is 5.32 Å². The number of H-pyrrole nitrogens is 1. The van der Waals surface area contributed by atoms with Crippen molar-refractivity contribution in [3.05, 3.63) is 53.5 Å². The molecule has 0 aliphatic carbocycles. The normalized spacial score (nSPS) is 18.1. The molecule has 6 nitrogen and oxygen atoms in total. The topological polar surface area (TPSA) is 66.0 Å². The highest BCUT2D eigenvalue weighted by atomic mass is 16.1. The summed E-state index contributed by atoms with van der Waals surface area (Å²) < 4.78 is 1.88.